The van der Waals surface area contributed by atoms with Crippen LogP contribution in [0, 0.1) is 6.57 Å². The van der Waals surface area contributed by atoms with Crippen LogP contribution in [-0.2, 0) is 5.41 Å². The molecule has 2 aromatic heterocycles. The smallest absolute Gasteiger partial charge is 0.188 e. The van der Waals surface area contributed by atoms with Gasteiger partial charge in [-0.1, -0.05) is 123 Å². The first-order valence-corrected chi connectivity index (χ1v) is 18.5. The zero-order chi connectivity index (χ0) is 41.2. The van der Waals surface area contributed by atoms with Gasteiger partial charge in [-0.3, -0.25) is 0 Å². The Morgan fingerprint density at radius 2 is 1.13 bits per heavy atom. The lowest BCUT2D eigenvalue weighted by Crippen LogP contribution is -2.15. The van der Waals surface area contributed by atoms with Gasteiger partial charge in [0.1, 0.15) is 0 Å². The number of hydrogen-bond donors (Lipinski definition) is 0. The Balaban J connectivity index is 1.10. The van der Waals surface area contributed by atoms with E-state index in [1.165, 1.54) is 0 Å². The molecule has 0 spiro atoms. The molecule has 258 valence electrons. The topological polar surface area (TPSA) is 14.2 Å². The Morgan fingerprint density at radius 1 is 0.491 bits per heavy atom. The fraction of sp³-hybridized carbons (Fsp3) is 0.0577. The van der Waals surface area contributed by atoms with Crippen LogP contribution in [0.1, 0.15) is 31.8 Å². The van der Waals surface area contributed by atoms with E-state index in [4.69, 9.17) is 13.4 Å². The number of fused-ring (bicyclic) bond motifs is 9. The van der Waals surface area contributed by atoms with Crippen LogP contribution < -0.4 is 0 Å². The highest BCUT2D eigenvalue weighted by atomic mass is 15.0. The molecule has 0 bridgehead atoms. The van der Waals surface area contributed by atoms with Crippen LogP contribution in [0.15, 0.2) is 176 Å². The lowest BCUT2D eigenvalue weighted by molar-refractivity contribution is 0.660. The van der Waals surface area contributed by atoms with E-state index < -0.39 is 6.04 Å². The summed E-state index contributed by atoms with van der Waals surface area (Å²) in [6.07, 6.45) is 0. The Bertz CT molecular complexity index is 3510. The molecule has 0 aliphatic heterocycles. The molecule has 8 aromatic carbocycles. The van der Waals surface area contributed by atoms with Gasteiger partial charge in [0, 0.05) is 32.9 Å². The zero-order valence-corrected chi connectivity index (χ0v) is 30.2. The normalized spacial score (nSPS) is 14.3. The number of rotatable bonds is 4. The van der Waals surface area contributed by atoms with E-state index in [9.17, 15) is 0 Å². The van der Waals surface area contributed by atoms with Gasteiger partial charge in [-0.2, -0.15) is 0 Å². The number of aromatic nitrogens is 2. The maximum atomic E-state index is 8.87. The largest absolute Gasteiger partial charge is 0.309 e. The van der Waals surface area contributed by atoms with Gasteiger partial charge in [0.15, 0.2) is 5.69 Å². The van der Waals surface area contributed by atoms with E-state index in [1.54, 1.807) is 0 Å². The lowest BCUT2D eigenvalue weighted by Gasteiger charge is -2.22. The predicted molar refractivity (Wildman–Crippen MR) is 230 cm³/mol. The molecule has 0 fully saturated rings. The van der Waals surface area contributed by atoms with Gasteiger partial charge in [0.05, 0.1) is 35.5 Å². The highest BCUT2D eigenvalue weighted by Crippen LogP contribution is 2.53. The molecule has 0 radical (unpaired) electrons. The highest BCUT2D eigenvalue weighted by Gasteiger charge is 2.37. The molecule has 0 saturated carbocycles. The van der Waals surface area contributed by atoms with Crippen molar-refractivity contribution in [2.24, 2.45) is 0 Å². The molecule has 0 saturated heterocycles. The van der Waals surface area contributed by atoms with Gasteiger partial charge in [-0.25, -0.2) is 4.85 Å². The van der Waals surface area contributed by atoms with Gasteiger partial charge in [0.25, 0.3) is 0 Å². The predicted octanol–water partition coefficient (Wildman–Crippen LogP) is 14.1. The average Bonchev–Trinajstić information content (AvgIpc) is 3.87. The quantitative estimate of drug-likeness (QED) is 0.162. The molecule has 55 heavy (non-hydrogen) atoms. The van der Waals surface area contributed by atoms with Crippen molar-refractivity contribution < 1.29 is 6.85 Å². The van der Waals surface area contributed by atoms with Gasteiger partial charge >= 0.3 is 0 Å². The number of para-hydroxylation sites is 2. The third kappa shape index (κ3) is 4.55. The van der Waals surface area contributed by atoms with Crippen LogP contribution in [0.5, 0.6) is 0 Å². The SMILES string of the molecule is [2H]c1c([2H])c([2H])c(-c2cccc3c2-c2cc(-n4c5ccccc5c5cc(-c6ccc7c(c6)c6cc([N+]#[C-])ccc6n7-c6ccccc6)ccc54)ccc2C3(C)C)c([2H])c1[2H]. The van der Waals surface area contributed by atoms with Crippen LogP contribution >= 0.6 is 0 Å². The first-order chi connectivity index (χ1) is 29.1. The summed E-state index contributed by atoms with van der Waals surface area (Å²) in [4.78, 5) is 3.76. The average molecular weight is 707 g/mol. The second-order valence-electron chi connectivity index (χ2n) is 14.9. The van der Waals surface area contributed by atoms with Crippen molar-refractivity contribution in [3.63, 3.8) is 0 Å². The second-order valence-corrected chi connectivity index (χ2v) is 14.9. The number of benzene rings is 8. The summed E-state index contributed by atoms with van der Waals surface area (Å²) in [5.41, 5.74) is 13.6. The van der Waals surface area contributed by atoms with Crippen molar-refractivity contribution in [2.75, 3.05) is 0 Å². The van der Waals surface area contributed by atoms with Crippen LogP contribution in [0.25, 0.3) is 93.2 Å². The molecular weight excluding hydrogens is 667 g/mol. The minimum Gasteiger partial charge on any atom is -0.309 e. The van der Waals surface area contributed by atoms with Gasteiger partial charge < -0.3 is 9.13 Å². The van der Waals surface area contributed by atoms with E-state index >= 15 is 0 Å². The van der Waals surface area contributed by atoms with E-state index in [0.717, 1.165) is 88.4 Å². The highest BCUT2D eigenvalue weighted by molar-refractivity contribution is 6.13. The zero-order valence-electron chi connectivity index (χ0n) is 35.2. The van der Waals surface area contributed by atoms with Gasteiger partial charge in [-0.05, 0) is 117 Å². The third-order valence-corrected chi connectivity index (χ3v) is 11.6. The fourth-order valence-corrected chi connectivity index (χ4v) is 9.07. The Hall–Kier alpha value is -7.15. The number of hydrogen-bond acceptors (Lipinski definition) is 0. The maximum Gasteiger partial charge on any atom is 0.188 e. The lowest BCUT2D eigenvalue weighted by atomic mass is 9.82. The molecule has 3 nitrogen and oxygen atoms in total. The molecule has 2 heterocycles. The minimum atomic E-state index is -0.398. The van der Waals surface area contributed by atoms with Gasteiger partial charge in [0.2, 0.25) is 0 Å². The van der Waals surface area contributed by atoms with E-state index in [0.29, 0.717) is 11.3 Å². The molecule has 0 atom stereocenters. The van der Waals surface area contributed by atoms with E-state index in [2.05, 4.69) is 125 Å². The summed E-state index contributed by atoms with van der Waals surface area (Å²) in [7, 11) is 0. The first kappa shape index (κ1) is 26.6. The van der Waals surface area contributed by atoms with Crippen LogP contribution in [0.2, 0.25) is 0 Å². The minimum absolute atomic E-state index is 0.204. The first-order valence-electron chi connectivity index (χ1n) is 21.0. The van der Waals surface area contributed by atoms with E-state index in [-0.39, 0.29) is 35.1 Å². The van der Waals surface area contributed by atoms with Crippen LogP contribution in [0.3, 0.4) is 0 Å². The summed E-state index contributed by atoms with van der Waals surface area (Å²) in [5, 5.41) is 4.37. The fourth-order valence-electron chi connectivity index (χ4n) is 9.07. The molecule has 1 aliphatic carbocycles. The summed E-state index contributed by atoms with van der Waals surface area (Å²) in [6, 6.07) is 49.0. The van der Waals surface area contributed by atoms with Crippen LogP contribution in [0.4, 0.5) is 5.69 Å². The summed E-state index contributed by atoms with van der Waals surface area (Å²) in [6.45, 7) is 12.1. The Morgan fingerprint density at radius 3 is 1.87 bits per heavy atom. The van der Waals surface area contributed by atoms with E-state index in [1.807, 2.05) is 48.5 Å². The number of nitrogens with zero attached hydrogens (tertiary/aromatic N) is 3. The van der Waals surface area contributed by atoms with Gasteiger partial charge in [-0.15, -0.1) is 0 Å². The van der Waals surface area contributed by atoms with Crippen molar-refractivity contribution in [3.05, 3.63) is 198 Å². The van der Waals surface area contributed by atoms with Crippen molar-refractivity contribution in [3.8, 4) is 44.8 Å². The molecule has 10 aromatic rings. The molecule has 0 unspecified atom stereocenters. The molecule has 11 rings (SSSR count). The van der Waals surface area contributed by atoms with Crippen molar-refractivity contribution >= 4 is 49.3 Å². The Kier molecular flexibility index (Phi) is 5.64. The molecule has 3 heteroatoms. The van der Waals surface area contributed by atoms with Crippen molar-refractivity contribution in [1.82, 2.24) is 9.13 Å². The molecule has 0 amide bonds. The van der Waals surface area contributed by atoms with Crippen LogP contribution in [-0.4, -0.2) is 9.13 Å². The molecule has 0 N–H and O–H groups in total. The monoisotopic (exact) mass is 706 g/mol. The molecule has 1 aliphatic rings. The molecular formula is C52H35N3. The summed E-state index contributed by atoms with van der Waals surface area (Å²) < 4.78 is 47.4. The standard InChI is InChI=1S/C52H35N3/c1-52(2)45-25-24-38(32-44(45)51-39(18-12-19-46(51)52)33-13-6-4-7-14-33)55-47-20-11-10-17-40(47)41-29-34(21-26-48(41)55)35-22-27-49-42(30-35)43-31-36(53-3)23-28-50(43)54(49)37-15-8-5-9-16-37/h4-32H,1-2H3/i4D,6D,7D,13D,14D. The summed E-state index contributed by atoms with van der Waals surface area (Å²) in [5.74, 6) is 0. The maximum absolute atomic E-state index is 8.87. The Labute approximate surface area is 326 Å². The third-order valence-electron chi connectivity index (χ3n) is 11.6. The summed E-state index contributed by atoms with van der Waals surface area (Å²) >= 11 is 0. The van der Waals surface area contributed by atoms with Crippen molar-refractivity contribution in [1.29, 1.82) is 0 Å². The van der Waals surface area contributed by atoms with Crippen molar-refractivity contribution in [2.45, 2.75) is 19.3 Å². The second kappa shape index (κ2) is 11.7.